The van der Waals surface area contributed by atoms with Crippen LogP contribution in [0.5, 0.6) is 0 Å². The largest absolute Gasteiger partial charge is 0.476 e. The number of pyridine rings is 1. The molecule has 0 radical (unpaired) electrons. The lowest BCUT2D eigenvalue weighted by Crippen LogP contribution is -2.26. The van der Waals surface area contributed by atoms with Crippen molar-refractivity contribution in [2.24, 2.45) is 5.73 Å². The maximum Gasteiger partial charge on any atom is 0.356 e. The van der Waals surface area contributed by atoms with Crippen LogP contribution in [-0.2, 0) is 6.42 Å². The third kappa shape index (κ3) is 3.77. The van der Waals surface area contributed by atoms with Crippen LogP contribution >= 0.6 is 0 Å². The molecule has 2 atom stereocenters. The smallest absolute Gasteiger partial charge is 0.356 e. The van der Waals surface area contributed by atoms with Gasteiger partial charge in [0.05, 0.1) is 18.4 Å². The quantitative estimate of drug-likeness (QED) is 0.657. The molecule has 9 heteroatoms. The second-order valence-electron chi connectivity index (χ2n) is 7.47. The van der Waals surface area contributed by atoms with E-state index in [1.54, 1.807) is 12.1 Å². The minimum absolute atomic E-state index is 0.00245. The van der Waals surface area contributed by atoms with E-state index in [4.69, 9.17) is 5.73 Å². The predicted molar refractivity (Wildman–Crippen MR) is 105 cm³/mol. The lowest BCUT2D eigenvalue weighted by Gasteiger charge is -2.27. The van der Waals surface area contributed by atoms with E-state index >= 15 is 0 Å². The molecule has 4 heterocycles. The number of halogens is 1. The second kappa shape index (κ2) is 7.75. The highest BCUT2D eigenvalue weighted by molar-refractivity contribution is 5.86. The Balaban J connectivity index is 1.71. The third-order valence-corrected chi connectivity index (χ3v) is 5.28. The van der Waals surface area contributed by atoms with E-state index in [-0.39, 0.29) is 23.6 Å². The molecule has 1 aliphatic rings. The van der Waals surface area contributed by atoms with E-state index in [9.17, 15) is 14.3 Å². The summed E-state index contributed by atoms with van der Waals surface area (Å²) in [4.78, 5) is 21.9. The Hall–Kier alpha value is -3.07. The first-order valence-corrected chi connectivity index (χ1v) is 9.68. The summed E-state index contributed by atoms with van der Waals surface area (Å²) in [6.45, 7) is 2.68. The average molecular weight is 398 g/mol. The lowest BCUT2D eigenvalue weighted by atomic mass is 9.98. The predicted octanol–water partition coefficient (Wildman–Crippen LogP) is 2.58. The monoisotopic (exact) mass is 398 g/mol. The zero-order chi connectivity index (χ0) is 20.5. The van der Waals surface area contributed by atoms with Crippen molar-refractivity contribution in [1.29, 1.82) is 0 Å². The van der Waals surface area contributed by atoms with Gasteiger partial charge in [-0.1, -0.05) is 0 Å². The van der Waals surface area contributed by atoms with Crippen LogP contribution in [0.1, 0.15) is 54.0 Å². The number of imidazole rings is 1. The zero-order valence-corrected chi connectivity index (χ0v) is 16.1. The third-order valence-electron chi connectivity index (χ3n) is 5.28. The second-order valence-corrected chi connectivity index (χ2v) is 7.47. The number of carboxylic acid groups (broad SMARTS) is 1. The molecule has 0 bridgehead atoms. The maximum absolute atomic E-state index is 14.0. The summed E-state index contributed by atoms with van der Waals surface area (Å²) in [5, 5.41) is 13.9. The number of fused-ring (bicyclic) bond motifs is 1. The molecule has 3 aromatic heterocycles. The minimum atomic E-state index is -1.09. The van der Waals surface area contributed by atoms with Crippen molar-refractivity contribution in [2.45, 2.75) is 44.7 Å². The normalized spacial score (nSPS) is 17.8. The Labute approximate surface area is 167 Å². The van der Waals surface area contributed by atoms with Gasteiger partial charge in [0.1, 0.15) is 11.6 Å². The van der Waals surface area contributed by atoms with Gasteiger partial charge in [0.25, 0.3) is 0 Å². The SMILES string of the molecule is C[C@@H](N)CCc1ncc(F)cc1[C@H]1CCCN1c1ccc2ncc(C(=O)O)n2n1. The number of hydrogen-bond acceptors (Lipinski definition) is 6. The molecule has 29 heavy (non-hydrogen) atoms. The Morgan fingerprint density at radius 3 is 2.97 bits per heavy atom. The van der Waals surface area contributed by atoms with Crippen LogP contribution in [0, 0.1) is 5.82 Å². The van der Waals surface area contributed by atoms with E-state index in [0.717, 1.165) is 37.1 Å². The Kier molecular flexibility index (Phi) is 5.14. The molecule has 0 spiro atoms. The van der Waals surface area contributed by atoms with Gasteiger partial charge in [-0.05, 0) is 56.4 Å². The van der Waals surface area contributed by atoms with Crippen molar-refractivity contribution < 1.29 is 14.3 Å². The molecule has 1 saturated heterocycles. The number of carbonyl (C=O) groups is 1. The van der Waals surface area contributed by atoms with Crippen LogP contribution in [0.4, 0.5) is 10.2 Å². The van der Waals surface area contributed by atoms with E-state index in [1.165, 1.54) is 16.9 Å². The molecule has 3 aromatic rings. The first-order chi connectivity index (χ1) is 13.9. The number of hydrogen-bond donors (Lipinski definition) is 2. The molecule has 0 unspecified atom stereocenters. The lowest BCUT2D eigenvalue weighted by molar-refractivity contribution is 0.0688. The van der Waals surface area contributed by atoms with Crippen molar-refractivity contribution in [3.8, 4) is 0 Å². The summed E-state index contributed by atoms with van der Waals surface area (Å²) in [5.74, 6) is -0.835. The summed E-state index contributed by atoms with van der Waals surface area (Å²) >= 11 is 0. The number of anilines is 1. The van der Waals surface area contributed by atoms with Crippen LogP contribution < -0.4 is 10.6 Å². The van der Waals surface area contributed by atoms with Crippen LogP contribution in [0.15, 0.2) is 30.6 Å². The van der Waals surface area contributed by atoms with E-state index < -0.39 is 5.97 Å². The van der Waals surface area contributed by atoms with Crippen LogP contribution in [0.25, 0.3) is 5.65 Å². The van der Waals surface area contributed by atoms with E-state index in [0.29, 0.717) is 17.9 Å². The fraction of sp³-hybridized carbons (Fsp3) is 0.400. The highest BCUT2D eigenvalue weighted by atomic mass is 19.1. The number of nitrogens with two attached hydrogens (primary N) is 1. The Morgan fingerprint density at radius 2 is 2.21 bits per heavy atom. The number of aromatic carboxylic acids is 1. The Bertz CT molecular complexity index is 1050. The minimum Gasteiger partial charge on any atom is -0.476 e. The van der Waals surface area contributed by atoms with Gasteiger partial charge in [0.15, 0.2) is 11.3 Å². The van der Waals surface area contributed by atoms with Crippen LogP contribution in [0.3, 0.4) is 0 Å². The molecule has 8 nitrogen and oxygen atoms in total. The molecule has 0 saturated carbocycles. The number of carboxylic acids is 1. The fourth-order valence-electron chi connectivity index (χ4n) is 3.87. The van der Waals surface area contributed by atoms with Gasteiger partial charge in [-0.3, -0.25) is 4.98 Å². The van der Waals surface area contributed by atoms with Crippen molar-refractivity contribution in [3.05, 3.63) is 53.4 Å². The molecule has 1 aliphatic heterocycles. The van der Waals surface area contributed by atoms with E-state index in [1.807, 2.05) is 13.0 Å². The summed E-state index contributed by atoms with van der Waals surface area (Å²) in [6, 6.07) is 5.06. The molecule has 0 aliphatic carbocycles. The van der Waals surface area contributed by atoms with Crippen molar-refractivity contribution in [1.82, 2.24) is 19.6 Å². The van der Waals surface area contributed by atoms with Gasteiger partial charge < -0.3 is 15.7 Å². The van der Waals surface area contributed by atoms with Gasteiger partial charge in [-0.2, -0.15) is 0 Å². The van der Waals surface area contributed by atoms with Crippen molar-refractivity contribution in [3.63, 3.8) is 0 Å². The highest BCUT2D eigenvalue weighted by Gasteiger charge is 2.30. The number of aromatic nitrogens is 4. The zero-order valence-electron chi connectivity index (χ0n) is 16.1. The molecular weight excluding hydrogens is 375 g/mol. The highest BCUT2D eigenvalue weighted by Crippen LogP contribution is 2.37. The average Bonchev–Trinajstić information content (AvgIpc) is 3.33. The first-order valence-electron chi connectivity index (χ1n) is 9.68. The standard InChI is InChI=1S/C20H23FN6O2/c1-12(22)4-5-15-14(9-13(21)10-23-15)16-3-2-8-26(16)19-7-6-18-24-11-17(20(28)29)27(18)25-19/h6-7,9-12,16H,2-5,8,22H2,1H3,(H,28,29)/t12-,16-/m1/s1. The summed E-state index contributed by atoms with van der Waals surface area (Å²) < 4.78 is 15.4. The van der Waals surface area contributed by atoms with Gasteiger partial charge in [0.2, 0.25) is 0 Å². The topological polar surface area (TPSA) is 110 Å². The number of aryl methyl sites for hydroxylation is 1. The summed E-state index contributed by atoms with van der Waals surface area (Å²) in [5.41, 5.74) is 8.05. The van der Waals surface area contributed by atoms with E-state index in [2.05, 4.69) is 20.0 Å². The molecule has 0 amide bonds. The molecular formula is C20H23FN6O2. The van der Waals surface area contributed by atoms with Crippen molar-refractivity contribution in [2.75, 3.05) is 11.4 Å². The van der Waals surface area contributed by atoms with Gasteiger partial charge >= 0.3 is 5.97 Å². The van der Waals surface area contributed by atoms with Gasteiger partial charge in [-0.25, -0.2) is 18.7 Å². The molecule has 4 rings (SSSR count). The number of rotatable bonds is 6. The summed E-state index contributed by atoms with van der Waals surface area (Å²) in [6.07, 6.45) is 5.73. The molecule has 3 N–H and O–H groups in total. The van der Waals surface area contributed by atoms with Crippen LogP contribution in [-0.4, -0.2) is 43.2 Å². The number of nitrogens with zero attached hydrogens (tertiary/aromatic N) is 5. The summed E-state index contributed by atoms with van der Waals surface area (Å²) in [7, 11) is 0. The maximum atomic E-state index is 14.0. The molecule has 1 fully saturated rings. The fourth-order valence-corrected chi connectivity index (χ4v) is 3.87. The van der Waals surface area contributed by atoms with Gasteiger partial charge in [0, 0.05) is 18.3 Å². The molecule has 0 aromatic carbocycles. The molecule has 152 valence electrons. The van der Waals surface area contributed by atoms with Crippen molar-refractivity contribution >= 4 is 17.4 Å². The van der Waals surface area contributed by atoms with Crippen LogP contribution in [0.2, 0.25) is 0 Å². The van der Waals surface area contributed by atoms with Gasteiger partial charge in [-0.15, -0.1) is 5.10 Å². The Morgan fingerprint density at radius 1 is 1.38 bits per heavy atom. The first kappa shape index (κ1) is 19.3.